The molecule has 5 nitrogen and oxygen atoms in total. The smallest absolute Gasteiger partial charge is 0.329 e. The molecule has 5 heteroatoms. The van der Waals surface area contributed by atoms with Crippen LogP contribution in [-0.4, -0.2) is 27.5 Å². The molecule has 104 valence electrons. The first-order valence-electron chi connectivity index (χ1n) is 6.69. The van der Waals surface area contributed by atoms with Crippen LogP contribution in [0.1, 0.15) is 24.8 Å². The van der Waals surface area contributed by atoms with E-state index in [1.165, 1.54) is 0 Å². The summed E-state index contributed by atoms with van der Waals surface area (Å²) in [6.07, 6.45) is 3.87. The number of carboxylic acid groups (broad SMARTS) is 1. The third-order valence-electron chi connectivity index (χ3n) is 3.80. The Morgan fingerprint density at radius 3 is 2.80 bits per heavy atom. The van der Waals surface area contributed by atoms with Crippen molar-refractivity contribution in [3.05, 3.63) is 36.0 Å². The van der Waals surface area contributed by atoms with Crippen LogP contribution in [0.5, 0.6) is 0 Å². The minimum Gasteiger partial charge on any atom is -0.480 e. The van der Waals surface area contributed by atoms with Crippen LogP contribution in [0.25, 0.3) is 10.9 Å². The maximum Gasteiger partial charge on any atom is 0.329 e. The number of fused-ring (bicyclic) bond motifs is 1. The number of nitrogens with one attached hydrogen (secondary N) is 2. The molecule has 1 aromatic heterocycles. The molecule has 0 radical (unpaired) electrons. The summed E-state index contributed by atoms with van der Waals surface area (Å²) < 4.78 is 0. The highest BCUT2D eigenvalue weighted by Crippen LogP contribution is 2.35. The molecule has 3 rings (SSSR count). The minimum atomic E-state index is -0.984. The van der Waals surface area contributed by atoms with Gasteiger partial charge in [0.25, 0.3) is 0 Å². The topological polar surface area (TPSA) is 82.2 Å². The molecular formula is C15H16N2O3. The highest BCUT2D eigenvalue weighted by atomic mass is 16.4. The Hall–Kier alpha value is -2.30. The second-order valence-corrected chi connectivity index (χ2v) is 5.33. The van der Waals surface area contributed by atoms with E-state index >= 15 is 0 Å². The van der Waals surface area contributed by atoms with E-state index in [0.29, 0.717) is 25.7 Å². The summed E-state index contributed by atoms with van der Waals surface area (Å²) in [6.45, 7) is 0. The van der Waals surface area contributed by atoms with E-state index in [4.69, 9.17) is 5.11 Å². The van der Waals surface area contributed by atoms with Gasteiger partial charge in [0.1, 0.15) is 5.54 Å². The van der Waals surface area contributed by atoms with Gasteiger partial charge in [0, 0.05) is 18.1 Å². The van der Waals surface area contributed by atoms with Gasteiger partial charge in [-0.1, -0.05) is 6.07 Å². The predicted octanol–water partition coefficient (Wildman–Crippen LogP) is 1.83. The van der Waals surface area contributed by atoms with Crippen LogP contribution in [-0.2, 0) is 16.0 Å². The van der Waals surface area contributed by atoms with Crippen molar-refractivity contribution in [3.63, 3.8) is 0 Å². The van der Waals surface area contributed by atoms with Gasteiger partial charge in [0.2, 0.25) is 5.91 Å². The van der Waals surface area contributed by atoms with E-state index in [1.807, 2.05) is 30.5 Å². The van der Waals surface area contributed by atoms with Crippen molar-refractivity contribution in [2.75, 3.05) is 0 Å². The Labute approximate surface area is 116 Å². The summed E-state index contributed by atoms with van der Waals surface area (Å²) in [7, 11) is 0. The highest BCUT2D eigenvalue weighted by molar-refractivity contribution is 5.89. The molecule has 0 atom stereocenters. The lowest BCUT2D eigenvalue weighted by molar-refractivity contribution is -0.143. The third kappa shape index (κ3) is 2.39. The Morgan fingerprint density at radius 1 is 1.30 bits per heavy atom. The van der Waals surface area contributed by atoms with Gasteiger partial charge in [-0.2, -0.15) is 0 Å². The fraction of sp³-hybridized carbons (Fsp3) is 0.333. The number of hydrogen-bond donors (Lipinski definition) is 3. The standard InChI is InChI=1S/C15H16N2O3/c18-13(17-15(6-7-15)14(19)20)4-2-10-1-3-12-11(9-10)5-8-16-12/h1,3,5,8-9,16H,2,4,6-7H2,(H,17,18)(H,19,20). The number of aromatic nitrogens is 1. The molecule has 0 bridgehead atoms. The van der Waals surface area contributed by atoms with Crippen LogP contribution in [0.4, 0.5) is 0 Å². The largest absolute Gasteiger partial charge is 0.480 e. The molecule has 0 saturated heterocycles. The molecule has 0 unspecified atom stereocenters. The summed E-state index contributed by atoms with van der Waals surface area (Å²) in [6, 6.07) is 8.00. The van der Waals surface area contributed by atoms with Crippen LogP contribution < -0.4 is 5.32 Å². The molecule has 1 saturated carbocycles. The van der Waals surface area contributed by atoms with Crippen molar-refractivity contribution in [1.29, 1.82) is 0 Å². The summed E-state index contributed by atoms with van der Waals surface area (Å²) >= 11 is 0. The van der Waals surface area contributed by atoms with Crippen LogP contribution in [0, 0.1) is 0 Å². The zero-order valence-corrected chi connectivity index (χ0v) is 11.0. The zero-order chi connectivity index (χ0) is 14.2. The number of aryl methyl sites for hydroxylation is 1. The Morgan fingerprint density at radius 2 is 2.10 bits per heavy atom. The zero-order valence-electron chi connectivity index (χ0n) is 11.0. The summed E-state index contributed by atoms with van der Waals surface area (Å²) in [5, 5.41) is 12.8. The fourth-order valence-corrected chi connectivity index (χ4v) is 2.36. The number of amides is 1. The number of carbonyl (C=O) groups is 2. The average molecular weight is 272 g/mol. The summed E-state index contributed by atoms with van der Waals surface area (Å²) in [5.41, 5.74) is 1.16. The monoisotopic (exact) mass is 272 g/mol. The average Bonchev–Trinajstić information content (AvgIpc) is 3.05. The highest BCUT2D eigenvalue weighted by Gasteiger charge is 2.51. The van der Waals surface area contributed by atoms with Crippen LogP contribution in [0.2, 0.25) is 0 Å². The molecular weight excluding hydrogens is 256 g/mol. The number of carbonyl (C=O) groups excluding carboxylic acids is 1. The first-order valence-corrected chi connectivity index (χ1v) is 6.69. The number of rotatable bonds is 5. The predicted molar refractivity (Wildman–Crippen MR) is 74.4 cm³/mol. The van der Waals surface area contributed by atoms with Gasteiger partial charge in [-0.05, 0) is 48.4 Å². The van der Waals surface area contributed by atoms with Gasteiger partial charge in [-0.25, -0.2) is 4.79 Å². The van der Waals surface area contributed by atoms with Gasteiger partial charge >= 0.3 is 5.97 Å². The van der Waals surface area contributed by atoms with Gasteiger partial charge in [-0.3, -0.25) is 4.79 Å². The molecule has 1 aromatic carbocycles. The maximum atomic E-state index is 11.8. The minimum absolute atomic E-state index is 0.195. The second-order valence-electron chi connectivity index (χ2n) is 5.33. The molecule has 0 aliphatic heterocycles. The number of aromatic amines is 1. The molecule has 1 aliphatic carbocycles. The maximum absolute atomic E-state index is 11.8. The fourth-order valence-electron chi connectivity index (χ4n) is 2.36. The second kappa shape index (κ2) is 4.67. The Kier molecular flexibility index (Phi) is 2.97. The van der Waals surface area contributed by atoms with Crippen molar-refractivity contribution < 1.29 is 14.7 Å². The molecule has 20 heavy (non-hydrogen) atoms. The van der Waals surface area contributed by atoms with Crippen LogP contribution in [0.3, 0.4) is 0 Å². The first kappa shape index (κ1) is 12.7. The third-order valence-corrected chi connectivity index (χ3v) is 3.80. The van der Waals surface area contributed by atoms with Gasteiger partial charge in [0.05, 0.1) is 0 Å². The molecule has 3 N–H and O–H groups in total. The molecule has 1 amide bonds. The molecule has 2 aromatic rings. The summed E-state index contributed by atoms with van der Waals surface area (Å²) in [5.74, 6) is -1.13. The SMILES string of the molecule is O=C(CCc1ccc2[nH]ccc2c1)NC1(C(=O)O)CC1. The molecule has 1 fully saturated rings. The lowest BCUT2D eigenvalue weighted by Crippen LogP contribution is -2.43. The van der Waals surface area contributed by atoms with Crippen LogP contribution in [0.15, 0.2) is 30.5 Å². The normalized spacial score (nSPS) is 16.0. The number of H-pyrrole nitrogens is 1. The van der Waals surface area contributed by atoms with Gasteiger partial charge in [0.15, 0.2) is 0 Å². The molecule has 0 spiro atoms. The van der Waals surface area contributed by atoms with Crippen molar-refractivity contribution >= 4 is 22.8 Å². The lowest BCUT2D eigenvalue weighted by Gasteiger charge is -2.12. The lowest BCUT2D eigenvalue weighted by atomic mass is 10.1. The van der Waals surface area contributed by atoms with E-state index < -0.39 is 11.5 Å². The van der Waals surface area contributed by atoms with E-state index in [9.17, 15) is 9.59 Å². The van der Waals surface area contributed by atoms with E-state index in [1.54, 1.807) is 0 Å². The Bertz CT molecular complexity index is 671. The van der Waals surface area contributed by atoms with Crippen molar-refractivity contribution in [1.82, 2.24) is 10.3 Å². The van der Waals surface area contributed by atoms with E-state index in [0.717, 1.165) is 16.5 Å². The van der Waals surface area contributed by atoms with E-state index in [2.05, 4.69) is 10.3 Å². The quantitative estimate of drug-likeness (QED) is 0.776. The Balaban J connectivity index is 1.58. The summed E-state index contributed by atoms with van der Waals surface area (Å²) in [4.78, 5) is 25.9. The van der Waals surface area contributed by atoms with Gasteiger partial charge < -0.3 is 15.4 Å². The van der Waals surface area contributed by atoms with Crippen molar-refractivity contribution in [2.24, 2.45) is 0 Å². The number of aliphatic carboxylic acids is 1. The van der Waals surface area contributed by atoms with Crippen molar-refractivity contribution in [3.8, 4) is 0 Å². The van der Waals surface area contributed by atoms with Gasteiger partial charge in [-0.15, -0.1) is 0 Å². The molecule has 1 heterocycles. The number of benzene rings is 1. The van der Waals surface area contributed by atoms with E-state index in [-0.39, 0.29) is 5.91 Å². The number of carboxylic acids is 1. The number of hydrogen-bond acceptors (Lipinski definition) is 2. The first-order chi connectivity index (χ1) is 9.59. The van der Waals surface area contributed by atoms with Crippen molar-refractivity contribution in [2.45, 2.75) is 31.2 Å². The van der Waals surface area contributed by atoms with Crippen LogP contribution >= 0.6 is 0 Å². The molecule has 1 aliphatic rings.